The van der Waals surface area contributed by atoms with Gasteiger partial charge in [0, 0.05) is 0 Å². The molecule has 0 unspecified atom stereocenters. The quantitative estimate of drug-likeness (QED) is 0.757. The number of hydrogen-bond donors (Lipinski definition) is 3. The number of aromatic nitrogens is 2. The van der Waals surface area contributed by atoms with Crippen LogP contribution in [0.3, 0.4) is 0 Å². The van der Waals surface area contributed by atoms with E-state index in [0.29, 0.717) is 41.1 Å². The lowest BCUT2D eigenvalue weighted by atomic mass is 10.2. The van der Waals surface area contributed by atoms with Crippen LogP contribution in [-0.4, -0.2) is 15.1 Å². The molecule has 0 aromatic carbocycles. The summed E-state index contributed by atoms with van der Waals surface area (Å²) < 4.78 is 5.38. The maximum Gasteiger partial charge on any atom is 0.139 e. The van der Waals surface area contributed by atoms with Gasteiger partial charge in [-0.15, -0.1) is 0 Å². The highest BCUT2D eigenvalue weighted by Crippen LogP contribution is 2.20. The fraction of sp³-hybridized carbons (Fsp3) is 0.231. The van der Waals surface area contributed by atoms with Crippen LogP contribution in [0.1, 0.15) is 22.9 Å². The monoisotopic (exact) mass is 260 g/mol. The molecule has 2 aromatic heterocycles. The van der Waals surface area contributed by atoms with Crippen molar-refractivity contribution in [1.82, 2.24) is 9.97 Å². The summed E-state index contributed by atoms with van der Waals surface area (Å²) in [5, 5.41) is 12.0. The van der Waals surface area contributed by atoms with E-state index < -0.39 is 0 Å². The summed E-state index contributed by atoms with van der Waals surface area (Å²) in [6, 6.07) is 3.52. The summed E-state index contributed by atoms with van der Waals surface area (Å²) in [5.74, 6) is 2.82. The van der Waals surface area contributed by atoms with E-state index in [9.17, 15) is 0 Å². The lowest BCUT2D eigenvalue weighted by Crippen LogP contribution is -2.07. The Balaban J connectivity index is 2.16. The molecule has 2 rings (SSSR count). The first kappa shape index (κ1) is 13.1. The number of furan rings is 1. The maximum absolute atomic E-state index is 8.93. The van der Waals surface area contributed by atoms with E-state index in [-0.39, 0.29) is 6.61 Å². The summed E-state index contributed by atoms with van der Waals surface area (Å²) in [7, 11) is 0. The third-order valence-electron chi connectivity index (χ3n) is 2.59. The van der Waals surface area contributed by atoms with Crippen molar-refractivity contribution in [3.63, 3.8) is 0 Å². The van der Waals surface area contributed by atoms with Crippen LogP contribution in [0.25, 0.3) is 6.08 Å². The molecule has 6 heteroatoms. The summed E-state index contributed by atoms with van der Waals surface area (Å²) >= 11 is 0. The maximum atomic E-state index is 8.93. The van der Waals surface area contributed by atoms with Gasteiger partial charge in [0.2, 0.25) is 0 Å². The van der Waals surface area contributed by atoms with E-state index in [1.165, 1.54) is 0 Å². The average Bonchev–Trinajstić information content (AvgIpc) is 2.83. The number of nitrogens with zero attached hydrogens (tertiary/aromatic N) is 2. The summed E-state index contributed by atoms with van der Waals surface area (Å²) in [6.07, 6.45) is 1.61. The first-order chi connectivity index (χ1) is 9.13. The van der Waals surface area contributed by atoms with Gasteiger partial charge >= 0.3 is 0 Å². The van der Waals surface area contributed by atoms with Gasteiger partial charge in [-0.3, -0.25) is 0 Å². The molecule has 6 nitrogen and oxygen atoms in total. The lowest BCUT2D eigenvalue weighted by Gasteiger charge is -2.10. The van der Waals surface area contributed by atoms with Crippen LogP contribution in [0.5, 0.6) is 0 Å². The van der Waals surface area contributed by atoms with Gasteiger partial charge in [-0.25, -0.2) is 9.97 Å². The second-order valence-corrected chi connectivity index (χ2v) is 4.00. The Labute approximate surface area is 111 Å². The van der Waals surface area contributed by atoms with Crippen molar-refractivity contribution >= 4 is 17.7 Å². The zero-order valence-electron chi connectivity index (χ0n) is 10.7. The highest BCUT2D eigenvalue weighted by molar-refractivity contribution is 5.70. The van der Waals surface area contributed by atoms with Crippen molar-refractivity contribution in [2.75, 3.05) is 11.1 Å². The van der Waals surface area contributed by atoms with E-state index in [0.717, 1.165) is 0 Å². The third kappa shape index (κ3) is 2.92. The molecular weight excluding hydrogens is 244 g/mol. The Kier molecular flexibility index (Phi) is 3.82. The Morgan fingerprint density at radius 1 is 1.42 bits per heavy atom. The molecule has 0 saturated heterocycles. The second kappa shape index (κ2) is 5.53. The normalized spacial score (nSPS) is 10.4. The second-order valence-electron chi connectivity index (χ2n) is 4.00. The zero-order chi connectivity index (χ0) is 13.8. The number of nitrogens with two attached hydrogens (primary N) is 1. The molecule has 100 valence electrons. The fourth-order valence-corrected chi connectivity index (χ4v) is 1.71. The van der Waals surface area contributed by atoms with Crippen molar-refractivity contribution in [3.05, 3.63) is 41.6 Å². The van der Waals surface area contributed by atoms with E-state index >= 15 is 0 Å². The minimum Gasteiger partial charge on any atom is -0.462 e. The van der Waals surface area contributed by atoms with Crippen molar-refractivity contribution in [2.24, 2.45) is 0 Å². The Hall–Kier alpha value is -2.34. The van der Waals surface area contributed by atoms with Crippen molar-refractivity contribution in [1.29, 1.82) is 0 Å². The molecule has 4 N–H and O–H groups in total. The molecule has 0 saturated carbocycles. The largest absolute Gasteiger partial charge is 0.462 e. The molecule has 19 heavy (non-hydrogen) atoms. The highest BCUT2D eigenvalue weighted by atomic mass is 16.4. The van der Waals surface area contributed by atoms with Crippen LogP contribution in [0.15, 0.2) is 23.1 Å². The van der Waals surface area contributed by atoms with Gasteiger partial charge in [0.05, 0.1) is 12.1 Å². The first-order valence-corrected chi connectivity index (χ1v) is 5.83. The van der Waals surface area contributed by atoms with Gasteiger partial charge in [0.25, 0.3) is 0 Å². The Morgan fingerprint density at radius 2 is 2.16 bits per heavy atom. The third-order valence-corrected chi connectivity index (χ3v) is 2.59. The van der Waals surface area contributed by atoms with Crippen LogP contribution < -0.4 is 11.1 Å². The van der Waals surface area contributed by atoms with Crippen molar-refractivity contribution in [2.45, 2.75) is 20.1 Å². The van der Waals surface area contributed by atoms with Gasteiger partial charge in [0.15, 0.2) is 0 Å². The minimum atomic E-state index is -0.114. The molecule has 2 aromatic rings. The van der Waals surface area contributed by atoms with Gasteiger partial charge in [-0.2, -0.15) is 0 Å². The molecular formula is C13H16N4O2. The number of nitrogens with one attached hydrogen (secondary N) is 1. The van der Waals surface area contributed by atoms with E-state index in [4.69, 9.17) is 15.3 Å². The number of aliphatic hydroxyl groups excluding tert-OH is 1. The molecule has 2 heterocycles. The van der Waals surface area contributed by atoms with Gasteiger partial charge in [0.1, 0.15) is 35.6 Å². The van der Waals surface area contributed by atoms with Gasteiger partial charge < -0.3 is 20.6 Å². The molecule has 0 atom stereocenters. The molecule has 0 amide bonds. The lowest BCUT2D eigenvalue weighted by molar-refractivity contribution is 0.244. The zero-order valence-corrected chi connectivity index (χ0v) is 10.7. The van der Waals surface area contributed by atoms with E-state index in [1.807, 2.05) is 0 Å². The van der Waals surface area contributed by atoms with Crippen LogP contribution >= 0.6 is 0 Å². The highest BCUT2D eigenvalue weighted by Gasteiger charge is 2.09. The predicted molar refractivity (Wildman–Crippen MR) is 73.2 cm³/mol. The number of hydrogen-bond acceptors (Lipinski definition) is 6. The first-order valence-electron chi connectivity index (χ1n) is 5.83. The molecule has 0 spiro atoms. The number of nitrogen functional groups attached to an aromatic ring is 1. The number of aliphatic hydroxyl groups is 1. The molecule has 0 aliphatic heterocycles. The van der Waals surface area contributed by atoms with Crippen LogP contribution in [0.4, 0.5) is 11.6 Å². The molecule has 0 bridgehead atoms. The van der Waals surface area contributed by atoms with Crippen molar-refractivity contribution < 1.29 is 9.52 Å². The predicted octanol–water partition coefficient (Wildman–Crippen LogP) is 1.71. The van der Waals surface area contributed by atoms with Crippen LogP contribution in [-0.2, 0) is 13.2 Å². The smallest absolute Gasteiger partial charge is 0.139 e. The van der Waals surface area contributed by atoms with Crippen molar-refractivity contribution in [3.8, 4) is 0 Å². The van der Waals surface area contributed by atoms with Crippen LogP contribution in [0.2, 0.25) is 0 Å². The average molecular weight is 260 g/mol. The minimum absolute atomic E-state index is 0.114. The SMILES string of the molecule is C=Cc1c(N)nc(C)nc1NCc1ccc(CO)o1. The Bertz CT molecular complexity index is 592. The van der Waals surface area contributed by atoms with E-state index in [2.05, 4.69) is 21.9 Å². The molecule has 0 aliphatic carbocycles. The van der Waals surface area contributed by atoms with Gasteiger partial charge in [-0.05, 0) is 19.1 Å². The van der Waals surface area contributed by atoms with Crippen LogP contribution in [0, 0.1) is 6.92 Å². The Morgan fingerprint density at radius 3 is 2.79 bits per heavy atom. The molecule has 0 aliphatic rings. The fourth-order valence-electron chi connectivity index (χ4n) is 1.71. The summed E-state index contributed by atoms with van der Waals surface area (Å²) in [5.41, 5.74) is 6.47. The van der Waals surface area contributed by atoms with Gasteiger partial charge in [-0.1, -0.05) is 12.7 Å². The summed E-state index contributed by atoms with van der Waals surface area (Å²) in [4.78, 5) is 8.36. The number of aryl methyl sites for hydroxylation is 1. The number of anilines is 2. The number of rotatable bonds is 5. The summed E-state index contributed by atoms with van der Waals surface area (Å²) in [6.45, 7) is 5.79. The van der Waals surface area contributed by atoms with E-state index in [1.54, 1.807) is 25.1 Å². The molecule has 0 fully saturated rings. The topological polar surface area (TPSA) is 97.2 Å². The molecule has 0 radical (unpaired) electrons. The standard InChI is InChI=1S/C13H16N4O2/c1-3-11-12(14)16-8(2)17-13(11)15-6-9-4-5-10(7-18)19-9/h3-5,18H,1,6-7H2,2H3,(H3,14,15,16,17).